The maximum absolute atomic E-state index is 5.99. The van der Waals surface area contributed by atoms with Crippen molar-refractivity contribution in [2.24, 2.45) is 0 Å². The molecule has 0 aliphatic heterocycles. The second-order valence-corrected chi connectivity index (χ2v) is 4.77. The third-order valence-corrected chi connectivity index (χ3v) is 3.29. The molecule has 0 saturated heterocycles. The third kappa shape index (κ3) is 4.50. The fourth-order valence-corrected chi connectivity index (χ4v) is 1.99. The minimum absolute atomic E-state index is 0.490. The van der Waals surface area contributed by atoms with Crippen molar-refractivity contribution in [3.8, 4) is 0 Å². The van der Waals surface area contributed by atoms with Crippen molar-refractivity contribution in [3.05, 3.63) is 17.0 Å². The second-order valence-electron chi connectivity index (χ2n) is 4.41. The summed E-state index contributed by atoms with van der Waals surface area (Å²) in [6.45, 7) is 6.38. The summed E-state index contributed by atoms with van der Waals surface area (Å²) in [4.78, 5) is 8.23. The van der Waals surface area contributed by atoms with E-state index in [1.54, 1.807) is 0 Å². The lowest BCUT2D eigenvalue weighted by molar-refractivity contribution is 0.562. The molecule has 3 nitrogen and oxygen atoms in total. The molecule has 1 aromatic heterocycles. The number of hydrogen-bond acceptors (Lipinski definition) is 3. The quantitative estimate of drug-likeness (QED) is 0.742. The Balaban J connectivity index is 2.67. The fraction of sp³-hybridized carbons (Fsp3) is 0.692. The van der Waals surface area contributed by atoms with E-state index in [0.29, 0.717) is 11.2 Å². The molecule has 4 heteroatoms. The van der Waals surface area contributed by atoms with Crippen molar-refractivity contribution in [2.75, 3.05) is 5.32 Å². The number of rotatable bonds is 7. The zero-order chi connectivity index (χ0) is 12.7. The standard InChI is InChI=1S/C13H22ClN3/c1-4-6-8-11(7-5-2)17-13-10(3)12(14)15-9-16-13/h9,11H,4-8H2,1-3H3,(H,15,16,17). The maximum atomic E-state index is 5.99. The van der Waals surface area contributed by atoms with Crippen molar-refractivity contribution in [2.45, 2.75) is 58.9 Å². The number of aromatic nitrogens is 2. The largest absolute Gasteiger partial charge is 0.367 e. The molecule has 0 aliphatic rings. The number of unbranched alkanes of at least 4 members (excludes halogenated alkanes) is 1. The topological polar surface area (TPSA) is 37.8 Å². The van der Waals surface area contributed by atoms with Crippen LogP contribution < -0.4 is 5.32 Å². The molecule has 0 aromatic carbocycles. The van der Waals surface area contributed by atoms with Crippen LogP contribution in [0.15, 0.2) is 6.33 Å². The average molecular weight is 256 g/mol. The van der Waals surface area contributed by atoms with Crippen LogP contribution in [-0.2, 0) is 0 Å². The Morgan fingerprint density at radius 1 is 1.24 bits per heavy atom. The van der Waals surface area contributed by atoms with Gasteiger partial charge < -0.3 is 5.32 Å². The van der Waals surface area contributed by atoms with Gasteiger partial charge in [-0.2, -0.15) is 0 Å². The van der Waals surface area contributed by atoms with Crippen molar-refractivity contribution in [1.29, 1.82) is 0 Å². The van der Waals surface area contributed by atoms with Crippen LogP contribution >= 0.6 is 11.6 Å². The van der Waals surface area contributed by atoms with Gasteiger partial charge in [0.25, 0.3) is 0 Å². The predicted molar refractivity (Wildman–Crippen MR) is 73.6 cm³/mol. The Labute approximate surface area is 109 Å². The first-order chi connectivity index (χ1) is 8.19. The van der Waals surface area contributed by atoms with E-state index < -0.39 is 0 Å². The van der Waals surface area contributed by atoms with Crippen molar-refractivity contribution in [3.63, 3.8) is 0 Å². The molecule has 1 rings (SSSR count). The summed E-state index contributed by atoms with van der Waals surface area (Å²) >= 11 is 5.99. The van der Waals surface area contributed by atoms with Crippen molar-refractivity contribution < 1.29 is 0 Å². The van der Waals surface area contributed by atoms with Crippen LogP contribution in [0.5, 0.6) is 0 Å². The van der Waals surface area contributed by atoms with Crippen LogP contribution in [0.3, 0.4) is 0 Å². The van der Waals surface area contributed by atoms with Crippen LogP contribution in [0.4, 0.5) is 5.82 Å². The summed E-state index contributed by atoms with van der Waals surface area (Å²) in [5.74, 6) is 0.875. The Morgan fingerprint density at radius 3 is 2.65 bits per heavy atom. The molecule has 0 amide bonds. The molecule has 0 spiro atoms. The van der Waals surface area contributed by atoms with E-state index in [1.165, 1.54) is 38.4 Å². The summed E-state index contributed by atoms with van der Waals surface area (Å²) < 4.78 is 0. The van der Waals surface area contributed by atoms with Gasteiger partial charge in [-0.25, -0.2) is 9.97 Å². The molecular weight excluding hydrogens is 234 g/mol. The zero-order valence-corrected chi connectivity index (χ0v) is 11.7. The Morgan fingerprint density at radius 2 is 2.00 bits per heavy atom. The number of anilines is 1. The van der Waals surface area contributed by atoms with Gasteiger partial charge in [0.2, 0.25) is 0 Å². The predicted octanol–water partition coefficient (Wildman–Crippen LogP) is 4.21. The highest BCUT2D eigenvalue weighted by atomic mass is 35.5. The second kappa shape index (κ2) is 7.49. The normalized spacial score (nSPS) is 12.5. The minimum atomic E-state index is 0.490. The molecule has 0 saturated carbocycles. The number of halogens is 1. The summed E-state index contributed by atoms with van der Waals surface area (Å²) in [7, 11) is 0. The van der Waals surface area contributed by atoms with Gasteiger partial charge in [0, 0.05) is 11.6 Å². The van der Waals surface area contributed by atoms with Gasteiger partial charge in [0.1, 0.15) is 17.3 Å². The number of nitrogens with zero attached hydrogens (tertiary/aromatic N) is 2. The number of hydrogen-bond donors (Lipinski definition) is 1. The van der Waals surface area contributed by atoms with Gasteiger partial charge in [-0.15, -0.1) is 0 Å². The molecular formula is C13H22ClN3. The lowest BCUT2D eigenvalue weighted by atomic mass is 10.1. The summed E-state index contributed by atoms with van der Waals surface area (Å²) in [5.41, 5.74) is 0.937. The highest BCUT2D eigenvalue weighted by Gasteiger charge is 2.11. The van der Waals surface area contributed by atoms with Crippen LogP contribution in [0, 0.1) is 6.92 Å². The highest BCUT2D eigenvalue weighted by Crippen LogP contribution is 2.20. The van der Waals surface area contributed by atoms with Gasteiger partial charge in [0.15, 0.2) is 0 Å². The molecule has 0 aliphatic carbocycles. The van der Waals surface area contributed by atoms with E-state index in [1.807, 2.05) is 6.92 Å². The molecule has 0 fully saturated rings. The van der Waals surface area contributed by atoms with Crippen LogP contribution in [0.25, 0.3) is 0 Å². The molecule has 17 heavy (non-hydrogen) atoms. The monoisotopic (exact) mass is 255 g/mol. The van der Waals surface area contributed by atoms with Crippen LogP contribution in [0.2, 0.25) is 5.15 Å². The van der Waals surface area contributed by atoms with Crippen LogP contribution in [0.1, 0.15) is 51.5 Å². The van der Waals surface area contributed by atoms with Gasteiger partial charge in [-0.1, -0.05) is 44.7 Å². The van der Waals surface area contributed by atoms with E-state index in [4.69, 9.17) is 11.6 Å². The van der Waals surface area contributed by atoms with Gasteiger partial charge in [0.05, 0.1) is 0 Å². The van der Waals surface area contributed by atoms with Crippen molar-refractivity contribution >= 4 is 17.4 Å². The molecule has 0 radical (unpaired) electrons. The lowest BCUT2D eigenvalue weighted by Crippen LogP contribution is -2.20. The first kappa shape index (κ1) is 14.2. The highest BCUT2D eigenvalue weighted by molar-refractivity contribution is 6.30. The molecule has 0 bridgehead atoms. The van der Waals surface area contributed by atoms with E-state index in [2.05, 4.69) is 29.1 Å². The molecule has 1 unspecified atom stereocenters. The number of nitrogens with one attached hydrogen (secondary N) is 1. The summed E-state index contributed by atoms with van der Waals surface area (Å²) in [6, 6.07) is 0.490. The molecule has 1 aromatic rings. The maximum Gasteiger partial charge on any atom is 0.137 e. The van der Waals surface area contributed by atoms with E-state index in [0.717, 1.165) is 11.4 Å². The third-order valence-electron chi connectivity index (χ3n) is 2.91. The first-order valence-electron chi connectivity index (χ1n) is 6.42. The molecule has 1 N–H and O–H groups in total. The fourth-order valence-electron chi connectivity index (χ4n) is 1.86. The summed E-state index contributed by atoms with van der Waals surface area (Å²) in [5, 5.41) is 4.02. The van der Waals surface area contributed by atoms with Gasteiger partial charge in [-0.05, 0) is 19.8 Å². The SMILES string of the molecule is CCCCC(CCC)Nc1ncnc(Cl)c1C. The summed E-state index contributed by atoms with van der Waals surface area (Å²) in [6.07, 6.45) is 7.52. The average Bonchev–Trinajstić information content (AvgIpc) is 2.32. The van der Waals surface area contributed by atoms with Crippen LogP contribution in [-0.4, -0.2) is 16.0 Å². The first-order valence-corrected chi connectivity index (χ1v) is 6.80. The Kier molecular flexibility index (Phi) is 6.27. The smallest absolute Gasteiger partial charge is 0.137 e. The van der Waals surface area contributed by atoms with Gasteiger partial charge in [-0.3, -0.25) is 0 Å². The lowest BCUT2D eigenvalue weighted by Gasteiger charge is -2.19. The molecule has 1 heterocycles. The zero-order valence-electron chi connectivity index (χ0n) is 11.0. The minimum Gasteiger partial charge on any atom is -0.367 e. The van der Waals surface area contributed by atoms with E-state index in [9.17, 15) is 0 Å². The van der Waals surface area contributed by atoms with Crippen molar-refractivity contribution in [1.82, 2.24) is 9.97 Å². The van der Waals surface area contributed by atoms with E-state index in [-0.39, 0.29) is 0 Å². The molecule has 1 atom stereocenters. The Hall–Kier alpha value is -0.830. The molecule has 96 valence electrons. The Bertz CT molecular complexity index is 341. The van der Waals surface area contributed by atoms with E-state index >= 15 is 0 Å². The van der Waals surface area contributed by atoms with Gasteiger partial charge >= 0.3 is 0 Å².